The maximum atomic E-state index is 9.00. The summed E-state index contributed by atoms with van der Waals surface area (Å²) in [6.45, 7) is 3.15. The van der Waals surface area contributed by atoms with E-state index in [2.05, 4.69) is 21.9 Å². The Bertz CT molecular complexity index is 1250. The topological polar surface area (TPSA) is 119 Å². The summed E-state index contributed by atoms with van der Waals surface area (Å²) < 4.78 is 7.95. The van der Waals surface area contributed by atoms with Crippen LogP contribution in [0.2, 0.25) is 0 Å². The number of hydrogen-bond acceptors (Lipinski definition) is 7. The monoisotopic (exact) mass is 460 g/mol. The highest BCUT2D eigenvalue weighted by Gasteiger charge is 2.25. The summed E-state index contributed by atoms with van der Waals surface area (Å²) in [5, 5.41) is 13.2. The number of carbonyl (C=O) groups is 1. The predicted octanol–water partition coefficient (Wildman–Crippen LogP) is 4.23. The molecule has 0 aliphatic carbocycles. The molecule has 0 spiro atoms. The zero-order chi connectivity index (χ0) is 24.1. The zero-order valence-electron chi connectivity index (χ0n) is 19.3. The van der Waals surface area contributed by atoms with Crippen molar-refractivity contribution in [2.24, 2.45) is 0 Å². The summed E-state index contributed by atoms with van der Waals surface area (Å²) in [5.74, 6) is 1.20. The van der Waals surface area contributed by atoms with E-state index in [0.29, 0.717) is 5.82 Å². The number of piperidine rings is 1. The first kappa shape index (κ1) is 23.2. The molecule has 9 nitrogen and oxygen atoms in total. The molecule has 0 amide bonds. The molecule has 1 aliphatic heterocycles. The Balaban J connectivity index is 0.000000636. The Morgan fingerprint density at radius 1 is 1.09 bits per heavy atom. The zero-order valence-corrected chi connectivity index (χ0v) is 19.3. The molecular weight excluding hydrogens is 432 g/mol. The molecule has 3 N–H and O–H groups in total. The minimum Gasteiger partial charge on any atom is -0.481 e. The van der Waals surface area contributed by atoms with Crippen LogP contribution in [0.15, 0.2) is 60.9 Å². The van der Waals surface area contributed by atoms with E-state index in [4.69, 9.17) is 25.5 Å². The number of likely N-dealkylation sites (N-methyl/N-ethyl adjacent to an activating group) is 1. The smallest absolute Gasteiger partial charge is 0.300 e. The Hall–Kier alpha value is -3.98. The Morgan fingerprint density at radius 2 is 1.76 bits per heavy atom. The summed E-state index contributed by atoms with van der Waals surface area (Å²) in [5.41, 5.74) is 8.82. The summed E-state index contributed by atoms with van der Waals surface area (Å²) in [6.07, 6.45) is 3.74. The molecule has 3 heterocycles. The maximum Gasteiger partial charge on any atom is 0.300 e. The minimum atomic E-state index is -0.833. The van der Waals surface area contributed by atoms with Crippen molar-refractivity contribution in [3.05, 3.63) is 60.9 Å². The van der Waals surface area contributed by atoms with Crippen molar-refractivity contribution < 1.29 is 14.6 Å². The molecule has 2 aromatic carbocycles. The van der Waals surface area contributed by atoms with Gasteiger partial charge in [-0.05, 0) is 62.8 Å². The van der Waals surface area contributed by atoms with Gasteiger partial charge in [0.05, 0.1) is 11.4 Å². The van der Waals surface area contributed by atoms with Gasteiger partial charge in [-0.2, -0.15) is 5.10 Å². The number of rotatable bonds is 4. The van der Waals surface area contributed by atoms with Crippen molar-refractivity contribution in [1.82, 2.24) is 24.6 Å². The number of anilines is 1. The van der Waals surface area contributed by atoms with Gasteiger partial charge in [-0.15, -0.1) is 0 Å². The average Bonchev–Trinajstić information content (AvgIpc) is 3.21. The van der Waals surface area contributed by atoms with E-state index >= 15 is 0 Å². The van der Waals surface area contributed by atoms with Crippen LogP contribution in [-0.4, -0.2) is 55.9 Å². The number of aliphatic carboxylic acids is 1. The van der Waals surface area contributed by atoms with E-state index in [-0.39, 0.29) is 6.04 Å². The number of fused-ring (bicyclic) bond motifs is 1. The Kier molecular flexibility index (Phi) is 7.03. The van der Waals surface area contributed by atoms with E-state index in [0.717, 1.165) is 66.6 Å². The van der Waals surface area contributed by atoms with Crippen molar-refractivity contribution in [3.63, 3.8) is 0 Å². The van der Waals surface area contributed by atoms with Crippen LogP contribution in [0.25, 0.3) is 22.3 Å². The average molecular weight is 461 g/mol. The van der Waals surface area contributed by atoms with Gasteiger partial charge in [-0.25, -0.2) is 14.6 Å². The molecule has 0 bridgehead atoms. The SMILES string of the molecule is CC(=O)O.CN1CCCC(n2nc(-c3ccc(Oc4ccccc4)cc3)c3c(N)ncnc32)C1. The second kappa shape index (κ2) is 10.3. The Morgan fingerprint density at radius 3 is 2.44 bits per heavy atom. The van der Waals surface area contributed by atoms with Crippen LogP contribution in [0.3, 0.4) is 0 Å². The maximum absolute atomic E-state index is 9.00. The van der Waals surface area contributed by atoms with E-state index in [1.807, 2.05) is 59.3 Å². The fourth-order valence-corrected chi connectivity index (χ4v) is 4.10. The molecule has 176 valence electrons. The van der Waals surface area contributed by atoms with E-state index in [1.54, 1.807) is 0 Å². The highest BCUT2D eigenvalue weighted by molar-refractivity contribution is 5.98. The van der Waals surface area contributed by atoms with Gasteiger partial charge in [0.25, 0.3) is 5.97 Å². The fraction of sp³-hybridized carbons (Fsp3) is 0.280. The lowest BCUT2D eigenvalue weighted by molar-refractivity contribution is -0.134. The molecule has 1 fully saturated rings. The number of likely N-dealkylation sites (tertiary alicyclic amines) is 1. The third-order valence-corrected chi connectivity index (χ3v) is 5.57. The van der Waals surface area contributed by atoms with Crippen molar-refractivity contribution in [2.75, 3.05) is 25.9 Å². The van der Waals surface area contributed by atoms with Crippen molar-refractivity contribution in [1.29, 1.82) is 0 Å². The number of para-hydroxylation sites is 1. The molecule has 1 aliphatic rings. The van der Waals surface area contributed by atoms with Gasteiger partial charge in [0, 0.05) is 19.0 Å². The highest BCUT2D eigenvalue weighted by atomic mass is 16.5. The number of nitrogens with zero attached hydrogens (tertiary/aromatic N) is 5. The molecule has 2 aromatic heterocycles. The lowest BCUT2D eigenvalue weighted by Gasteiger charge is -2.29. The molecule has 1 unspecified atom stereocenters. The number of benzene rings is 2. The normalized spacial score (nSPS) is 16.0. The number of nitrogen functional groups attached to an aromatic ring is 1. The molecule has 9 heteroatoms. The van der Waals surface area contributed by atoms with Crippen LogP contribution >= 0.6 is 0 Å². The van der Waals surface area contributed by atoms with E-state index in [9.17, 15) is 0 Å². The van der Waals surface area contributed by atoms with Crippen molar-refractivity contribution in [2.45, 2.75) is 25.8 Å². The first-order valence-corrected chi connectivity index (χ1v) is 11.1. The van der Waals surface area contributed by atoms with Crippen LogP contribution in [0.4, 0.5) is 5.82 Å². The second-order valence-electron chi connectivity index (χ2n) is 8.27. The van der Waals surface area contributed by atoms with Crippen LogP contribution < -0.4 is 10.5 Å². The first-order chi connectivity index (χ1) is 16.4. The number of carboxylic acids is 1. The quantitative estimate of drug-likeness (QED) is 0.464. The minimum absolute atomic E-state index is 0.273. The van der Waals surface area contributed by atoms with Gasteiger partial charge in [0.1, 0.15) is 29.3 Å². The van der Waals surface area contributed by atoms with E-state index < -0.39 is 5.97 Å². The van der Waals surface area contributed by atoms with E-state index in [1.165, 1.54) is 6.33 Å². The van der Waals surface area contributed by atoms with Crippen molar-refractivity contribution in [3.8, 4) is 22.8 Å². The number of nitrogens with two attached hydrogens (primary N) is 1. The highest BCUT2D eigenvalue weighted by Crippen LogP contribution is 2.34. The van der Waals surface area contributed by atoms with Crippen LogP contribution in [0.1, 0.15) is 25.8 Å². The summed E-state index contributed by atoms with van der Waals surface area (Å²) >= 11 is 0. The molecule has 1 saturated heterocycles. The van der Waals surface area contributed by atoms with Crippen molar-refractivity contribution >= 4 is 22.8 Å². The second-order valence-corrected chi connectivity index (χ2v) is 8.27. The van der Waals surface area contributed by atoms with Crippen LogP contribution in [-0.2, 0) is 4.79 Å². The van der Waals surface area contributed by atoms with Crippen LogP contribution in [0.5, 0.6) is 11.5 Å². The van der Waals surface area contributed by atoms with Gasteiger partial charge >= 0.3 is 0 Å². The third-order valence-electron chi connectivity index (χ3n) is 5.57. The summed E-state index contributed by atoms with van der Waals surface area (Å²) in [7, 11) is 2.15. The summed E-state index contributed by atoms with van der Waals surface area (Å²) in [6, 6.07) is 17.9. The van der Waals surface area contributed by atoms with Crippen LogP contribution in [0, 0.1) is 0 Å². The third kappa shape index (κ3) is 5.32. The molecular formula is C25H28N6O3. The number of aromatic nitrogens is 4. The molecule has 0 radical (unpaired) electrons. The molecule has 1 atom stereocenters. The largest absolute Gasteiger partial charge is 0.481 e. The van der Waals surface area contributed by atoms with Gasteiger partial charge in [0.15, 0.2) is 5.65 Å². The molecule has 0 saturated carbocycles. The number of hydrogen-bond donors (Lipinski definition) is 2. The van der Waals surface area contributed by atoms with Gasteiger partial charge in [-0.1, -0.05) is 18.2 Å². The number of carboxylic acid groups (broad SMARTS) is 1. The summed E-state index contributed by atoms with van der Waals surface area (Å²) in [4.78, 5) is 20.1. The standard InChI is InChI=1S/C23H24N6O.C2H4O2/c1-28-13-5-6-17(14-28)29-23-20(22(24)25-15-26-23)21(27-29)16-9-11-19(12-10-16)30-18-7-3-2-4-8-18;1-2(3)4/h2-4,7-12,15,17H,5-6,13-14H2,1H3,(H2,24,25,26);1H3,(H,3,4). The molecule has 4 aromatic rings. The number of ether oxygens (including phenoxy) is 1. The fourth-order valence-electron chi connectivity index (χ4n) is 4.10. The molecule has 5 rings (SSSR count). The predicted molar refractivity (Wildman–Crippen MR) is 131 cm³/mol. The van der Waals surface area contributed by atoms with Gasteiger partial charge < -0.3 is 20.5 Å². The van der Waals surface area contributed by atoms with Gasteiger partial charge in [0.2, 0.25) is 0 Å². The lowest BCUT2D eigenvalue weighted by Crippen LogP contribution is -2.34. The van der Waals surface area contributed by atoms with Gasteiger partial charge in [-0.3, -0.25) is 4.79 Å². The molecule has 34 heavy (non-hydrogen) atoms. The lowest BCUT2D eigenvalue weighted by atomic mass is 10.1. The Labute approximate surface area is 197 Å². The first-order valence-electron chi connectivity index (χ1n) is 11.1.